The van der Waals surface area contributed by atoms with Gasteiger partial charge in [0, 0.05) is 4.47 Å². The van der Waals surface area contributed by atoms with Crippen molar-refractivity contribution in [3.8, 4) is 0 Å². The lowest BCUT2D eigenvalue weighted by Crippen LogP contribution is -2.22. The van der Waals surface area contributed by atoms with Crippen molar-refractivity contribution in [3.05, 3.63) is 58.2 Å². The van der Waals surface area contributed by atoms with Crippen molar-refractivity contribution in [1.82, 2.24) is 5.32 Å². The Kier molecular flexibility index (Phi) is 4.55. The van der Waals surface area contributed by atoms with E-state index < -0.39 is 0 Å². The Bertz CT molecular complexity index is 478. The van der Waals surface area contributed by atoms with Gasteiger partial charge in [0.15, 0.2) is 0 Å². The molecule has 96 valence electrons. The van der Waals surface area contributed by atoms with Crippen LogP contribution in [0.5, 0.6) is 0 Å². The zero-order valence-electron chi connectivity index (χ0n) is 10.1. The van der Waals surface area contributed by atoms with Crippen LogP contribution in [0.2, 0.25) is 0 Å². The Hall–Kier alpha value is -1.13. The summed E-state index contributed by atoms with van der Waals surface area (Å²) < 4.78 is 19.6. The van der Waals surface area contributed by atoms with Crippen LogP contribution >= 0.6 is 15.9 Å². The number of furan rings is 1. The van der Waals surface area contributed by atoms with Crippen LogP contribution in [0.25, 0.3) is 0 Å². The summed E-state index contributed by atoms with van der Waals surface area (Å²) >= 11 is 3.31. The van der Waals surface area contributed by atoms with Gasteiger partial charge in [-0.1, -0.05) is 22.9 Å². The third-order valence-electron chi connectivity index (χ3n) is 2.64. The van der Waals surface area contributed by atoms with E-state index in [1.807, 2.05) is 18.2 Å². The first kappa shape index (κ1) is 13.3. The molecule has 0 spiro atoms. The second-order valence-electron chi connectivity index (χ2n) is 4.11. The number of rotatable bonds is 5. The van der Waals surface area contributed by atoms with Gasteiger partial charge in [-0.3, -0.25) is 0 Å². The second-order valence-corrected chi connectivity index (χ2v) is 5.02. The van der Waals surface area contributed by atoms with Gasteiger partial charge in [0.05, 0.1) is 12.3 Å². The standard InChI is InChI=1S/C14H15BrFNO/c1-2-5-17-14(13-4-3-6-18-13)10-7-11(15)9-12(16)8-10/h3-4,6-9,14,17H,2,5H2,1H3. The van der Waals surface area contributed by atoms with Gasteiger partial charge < -0.3 is 9.73 Å². The lowest BCUT2D eigenvalue weighted by atomic mass is 10.0. The van der Waals surface area contributed by atoms with E-state index in [9.17, 15) is 4.39 Å². The Morgan fingerprint density at radius 3 is 2.83 bits per heavy atom. The first-order chi connectivity index (χ1) is 8.70. The maximum absolute atomic E-state index is 13.5. The molecule has 1 atom stereocenters. The smallest absolute Gasteiger partial charge is 0.125 e. The molecule has 4 heteroatoms. The number of hydrogen-bond acceptors (Lipinski definition) is 2. The highest BCUT2D eigenvalue weighted by Crippen LogP contribution is 2.26. The highest BCUT2D eigenvalue weighted by molar-refractivity contribution is 9.10. The van der Waals surface area contributed by atoms with Gasteiger partial charge in [-0.05, 0) is 48.9 Å². The van der Waals surface area contributed by atoms with Crippen LogP contribution in [0.4, 0.5) is 4.39 Å². The first-order valence-corrected chi connectivity index (χ1v) is 6.72. The number of hydrogen-bond donors (Lipinski definition) is 1. The summed E-state index contributed by atoms with van der Waals surface area (Å²) in [7, 11) is 0. The lowest BCUT2D eigenvalue weighted by Gasteiger charge is -2.17. The minimum absolute atomic E-state index is 0.119. The number of halogens is 2. The van der Waals surface area contributed by atoms with Crippen molar-refractivity contribution in [2.24, 2.45) is 0 Å². The Balaban J connectivity index is 2.33. The molecule has 1 unspecified atom stereocenters. The molecule has 1 heterocycles. The fourth-order valence-electron chi connectivity index (χ4n) is 1.87. The van der Waals surface area contributed by atoms with E-state index in [4.69, 9.17) is 4.42 Å². The predicted molar refractivity (Wildman–Crippen MR) is 72.9 cm³/mol. The Morgan fingerprint density at radius 2 is 2.22 bits per heavy atom. The van der Waals surface area contributed by atoms with E-state index >= 15 is 0 Å². The van der Waals surface area contributed by atoms with Gasteiger partial charge in [-0.2, -0.15) is 0 Å². The van der Waals surface area contributed by atoms with Crippen LogP contribution in [0, 0.1) is 5.82 Å². The summed E-state index contributed by atoms with van der Waals surface area (Å²) in [6.45, 7) is 2.94. The SMILES string of the molecule is CCCNC(c1cc(F)cc(Br)c1)c1ccco1. The Morgan fingerprint density at radius 1 is 1.39 bits per heavy atom. The third-order valence-corrected chi connectivity index (χ3v) is 3.10. The predicted octanol–water partition coefficient (Wildman–Crippen LogP) is 4.27. The van der Waals surface area contributed by atoms with Gasteiger partial charge in [0.25, 0.3) is 0 Å². The summed E-state index contributed by atoms with van der Waals surface area (Å²) in [5, 5.41) is 3.36. The molecule has 1 N–H and O–H groups in total. The summed E-state index contributed by atoms with van der Waals surface area (Å²) in [4.78, 5) is 0. The molecule has 2 rings (SSSR count). The topological polar surface area (TPSA) is 25.2 Å². The molecule has 18 heavy (non-hydrogen) atoms. The maximum Gasteiger partial charge on any atom is 0.125 e. The van der Waals surface area contributed by atoms with E-state index in [1.54, 1.807) is 6.26 Å². The molecular weight excluding hydrogens is 297 g/mol. The number of nitrogens with one attached hydrogen (secondary N) is 1. The van der Waals surface area contributed by atoms with Crippen LogP contribution in [0.1, 0.15) is 30.7 Å². The molecule has 0 saturated carbocycles. The first-order valence-electron chi connectivity index (χ1n) is 5.93. The molecule has 1 aromatic carbocycles. The van der Waals surface area contributed by atoms with E-state index in [-0.39, 0.29) is 11.9 Å². The van der Waals surface area contributed by atoms with Gasteiger partial charge in [-0.15, -0.1) is 0 Å². The molecule has 1 aromatic heterocycles. The monoisotopic (exact) mass is 311 g/mol. The van der Waals surface area contributed by atoms with Crippen molar-refractivity contribution in [2.45, 2.75) is 19.4 Å². The van der Waals surface area contributed by atoms with Gasteiger partial charge >= 0.3 is 0 Å². The van der Waals surface area contributed by atoms with Crippen molar-refractivity contribution >= 4 is 15.9 Å². The molecule has 2 aromatic rings. The van der Waals surface area contributed by atoms with Gasteiger partial charge in [0.1, 0.15) is 11.6 Å². The van der Waals surface area contributed by atoms with Crippen LogP contribution in [-0.4, -0.2) is 6.54 Å². The van der Waals surface area contributed by atoms with E-state index in [1.165, 1.54) is 12.1 Å². The third kappa shape index (κ3) is 3.21. The molecule has 2 nitrogen and oxygen atoms in total. The molecule has 0 saturated heterocycles. The second kappa shape index (κ2) is 6.16. The van der Waals surface area contributed by atoms with Crippen molar-refractivity contribution < 1.29 is 8.81 Å². The Labute approximate surface area is 114 Å². The highest BCUT2D eigenvalue weighted by atomic mass is 79.9. The van der Waals surface area contributed by atoms with Crippen LogP contribution in [0.15, 0.2) is 45.5 Å². The minimum atomic E-state index is -0.255. The molecule has 0 aliphatic rings. The minimum Gasteiger partial charge on any atom is -0.467 e. The molecular formula is C14H15BrFNO. The zero-order valence-corrected chi connectivity index (χ0v) is 11.7. The molecule has 0 radical (unpaired) electrons. The average Bonchev–Trinajstić information content (AvgIpc) is 2.82. The highest BCUT2D eigenvalue weighted by Gasteiger charge is 2.17. The normalized spacial score (nSPS) is 12.6. The van der Waals surface area contributed by atoms with Gasteiger partial charge in [-0.25, -0.2) is 4.39 Å². The molecule has 0 aliphatic heterocycles. The van der Waals surface area contributed by atoms with Crippen LogP contribution in [0.3, 0.4) is 0 Å². The van der Waals surface area contributed by atoms with Crippen LogP contribution < -0.4 is 5.32 Å². The largest absolute Gasteiger partial charge is 0.467 e. The summed E-state index contributed by atoms with van der Waals surface area (Å²) in [6, 6.07) is 8.49. The average molecular weight is 312 g/mol. The van der Waals surface area contributed by atoms with E-state index in [2.05, 4.69) is 28.2 Å². The maximum atomic E-state index is 13.5. The quantitative estimate of drug-likeness (QED) is 0.892. The van der Waals surface area contributed by atoms with Gasteiger partial charge in [0.2, 0.25) is 0 Å². The summed E-state index contributed by atoms with van der Waals surface area (Å²) in [5.41, 5.74) is 0.852. The summed E-state index contributed by atoms with van der Waals surface area (Å²) in [6.07, 6.45) is 2.64. The fraction of sp³-hybridized carbons (Fsp3) is 0.286. The molecule has 0 aliphatic carbocycles. The van der Waals surface area contributed by atoms with E-state index in [0.717, 1.165) is 28.8 Å². The van der Waals surface area contributed by atoms with Crippen LogP contribution in [-0.2, 0) is 0 Å². The van der Waals surface area contributed by atoms with Crippen molar-refractivity contribution in [2.75, 3.05) is 6.54 Å². The molecule has 0 bridgehead atoms. The molecule has 0 fully saturated rings. The van der Waals surface area contributed by atoms with Crippen molar-refractivity contribution in [1.29, 1.82) is 0 Å². The lowest BCUT2D eigenvalue weighted by molar-refractivity contribution is 0.445. The summed E-state index contributed by atoms with van der Waals surface area (Å²) in [5.74, 6) is 0.537. The fourth-order valence-corrected chi connectivity index (χ4v) is 2.35. The zero-order chi connectivity index (χ0) is 13.0. The van der Waals surface area contributed by atoms with Crippen molar-refractivity contribution in [3.63, 3.8) is 0 Å². The van der Waals surface area contributed by atoms with E-state index in [0.29, 0.717) is 0 Å². The number of benzene rings is 1. The molecule has 0 amide bonds.